The lowest BCUT2D eigenvalue weighted by Crippen LogP contribution is -2.21. The molecule has 0 spiro atoms. The Bertz CT molecular complexity index is 992. The number of unbranched alkanes of at least 4 members (excludes halogenated alkanes) is 1. The van der Waals surface area contributed by atoms with Gasteiger partial charge in [-0.2, -0.15) is 5.26 Å². The Hall–Kier alpha value is -3.26. The fraction of sp³-hybridized carbons (Fsp3) is 0.333. The molecule has 0 atom stereocenters. The molecular formula is C24H28N4O. The molecule has 1 heterocycles. The Labute approximate surface area is 172 Å². The lowest BCUT2D eigenvalue weighted by atomic mass is 10.1. The van der Waals surface area contributed by atoms with Crippen molar-refractivity contribution in [3.05, 3.63) is 53.9 Å². The first-order valence-electron chi connectivity index (χ1n) is 10.3. The fourth-order valence-electron chi connectivity index (χ4n) is 3.27. The van der Waals surface area contributed by atoms with Gasteiger partial charge >= 0.3 is 0 Å². The van der Waals surface area contributed by atoms with Crippen LogP contribution in [0.3, 0.4) is 0 Å². The van der Waals surface area contributed by atoms with Crippen LogP contribution < -0.4 is 9.64 Å². The Morgan fingerprint density at radius 3 is 2.66 bits per heavy atom. The number of hydrogen-bond donors (Lipinski definition) is 1. The molecule has 29 heavy (non-hydrogen) atoms. The van der Waals surface area contributed by atoms with E-state index in [0.717, 1.165) is 54.0 Å². The number of nitrogens with zero attached hydrogens (tertiary/aromatic N) is 3. The monoisotopic (exact) mass is 388 g/mol. The van der Waals surface area contributed by atoms with Crippen LogP contribution in [-0.2, 0) is 0 Å². The van der Waals surface area contributed by atoms with E-state index in [0.29, 0.717) is 18.0 Å². The molecule has 150 valence electrons. The van der Waals surface area contributed by atoms with E-state index in [-0.39, 0.29) is 0 Å². The molecule has 5 heteroatoms. The summed E-state index contributed by atoms with van der Waals surface area (Å²) in [5, 5.41) is 9.76. The van der Waals surface area contributed by atoms with E-state index in [1.807, 2.05) is 36.4 Å². The summed E-state index contributed by atoms with van der Waals surface area (Å²) in [6.45, 7) is 8.96. The molecule has 0 radical (unpaired) electrons. The molecule has 0 aliphatic heterocycles. The van der Waals surface area contributed by atoms with Crippen LogP contribution in [0, 0.1) is 11.3 Å². The molecule has 2 aromatic carbocycles. The molecule has 1 N–H and O–H groups in total. The third-order valence-electron chi connectivity index (χ3n) is 4.95. The van der Waals surface area contributed by atoms with E-state index < -0.39 is 0 Å². The van der Waals surface area contributed by atoms with Crippen LogP contribution >= 0.6 is 0 Å². The van der Waals surface area contributed by atoms with Crippen LogP contribution in [0.15, 0.2) is 42.5 Å². The number of nitrogens with one attached hydrogen (secondary N) is 1. The van der Waals surface area contributed by atoms with Gasteiger partial charge in [0.05, 0.1) is 23.2 Å². The summed E-state index contributed by atoms with van der Waals surface area (Å²) in [5.74, 6) is 1.37. The quantitative estimate of drug-likeness (QED) is 0.380. The highest BCUT2D eigenvalue weighted by Crippen LogP contribution is 2.30. The van der Waals surface area contributed by atoms with E-state index in [1.54, 1.807) is 0 Å². The first-order chi connectivity index (χ1) is 14.2. The van der Waals surface area contributed by atoms with Crippen molar-refractivity contribution in [1.29, 1.82) is 5.26 Å². The van der Waals surface area contributed by atoms with Gasteiger partial charge in [0.15, 0.2) is 0 Å². The lowest BCUT2D eigenvalue weighted by molar-refractivity contribution is 0.309. The average Bonchev–Trinajstić information content (AvgIpc) is 3.18. The molecule has 0 aliphatic carbocycles. The highest BCUT2D eigenvalue weighted by atomic mass is 16.5. The molecule has 0 unspecified atom stereocenters. The number of fused-ring (bicyclic) bond motifs is 1. The SMILES string of the molecule is CCCCOc1cc(N(CC)CC)ccc1/C=C(/C#N)c1nc2ccccc2[nH]1. The van der Waals surface area contributed by atoms with Crippen molar-refractivity contribution < 1.29 is 4.74 Å². The topological polar surface area (TPSA) is 64.9 Å². The number of imidazole rings is 1. The molecular weight excluding hydrogens is 360 g/mol. The predicted molar refractivity (Wildman–Crippen MR) is 120 cm³/mol. The number of allylic oxidation sites excluding steroid dienone is 1. The van der Waals surface area contributed by atoms with Crippen LogP contribution in [0.4, 0.5) is 5.69 Å². The highest BCUT2D eigenvalue weighted by Gasteiger charge is 2.12. The number of para-hydroxylation sites is 2. The van der Waals surface area contributed by atoms with Crippen LogP contribution in [0.25, 0.3) is 22.7 Å². The zero-order valence-corrected chi connectivity index (χ0v) is 17.4. The van der Waals surface area contributed by atoms with Gasteiger partial charge in [-0.05, 0) is 50.6 Å². The Morgan fingerprint density at radius 1 is 1.17 bits per heavy atom. The molecule has 0 aliphatic rings. The van der Waals surface area contributed by atoms with Crippen molar-refractivity contribution >= 4 is 28.4 Å². The zero-order valence-electron chi connectivity index (χ0n) is 17.4. The number of anilines is 1. The van der Waals surface area contributed by atoms with Crippen LogP contribution in [0.1, 0.15) is 45.0 Å². The summed E-state index contributed by atoms with van der Waals surface area (Å²) >= 11 is 0. The van der Waals surface area contributed by atoms with Crippen molar-refractivity contribution in [2.24, 2.45) is 0 Å². The maximum atomic E-state index is 9.76. The van der Waals surface area contributed by atoms with Gasteiger partial charge < -0.3 is 14.6 Å². The molecule has 0 saturated heterocycles. The molecule has 1 aromatic heterocycles. The standard InChI is InChI=1S/C24H28N4O/c1-4-7-14-29-23-16-20(28(5-2)6-3)13-12-18(23)15-19(17-25)24-26-21-10-8-9-11-22(21)27-24/h8-13,15-16H,4-7,14H2,1-3H3,(H,26,27)/b19-15-. The molecule has 0 bridgehead atoms. The zero-order chi connectivity index (χ0) is 20.6. The summed E-state index contributed by atoms with van der Waals surface area (Å²) in [4.78, 5) is 10.1. The molecule has 0 saturated carbocycles. The second-order valence-electron chi connectivity index (χ2n) is 6.87. The van der Waals surface area contributed by atoms with Gasteiger partial charge in [-0.25, -0.2) is 4.98 Å². The van der Waals surface area contributed by atoms with Gasteiger partial charge in [-0.15, -0.1) is 0 Å². The van der Waals surface area contributed by atoms with Crippen LogP contribution in [-0.4, -0.2) is 29.7 Å². The second-order valence-corrected chi connectivity index (χ2v) is 6.87. The molecule has 3 rings (SSSR count). The van der Waals surface area contributed by atoms with E-state index in [2.05, 4.69) is 53.8 Å². The van der Waals surface area contributed by atoms with Crippen LogP contribution in [0.5, 0.6) is 5.75 Å². The van der Waals surface area contributed by atoms with Gasteiger partial charge in [0.2, 0.25) is 0 Å². The van der Waals surface area contributed by atoms with Crippen molar-refractivity contribution in [2.75, 3.05) is 24.6 Å². The number of H-pyrrole nitrogens is 1. The van der Waals surface area contributed by atoms with Gasteiger partial charge in [-0.1, -0.05) is 25.5 Å². The van der Waals surface area contributed by atoms with Gasteiger partial charge in [0.25, 0.3) is 0 Å². The van der Waals surface area contributed by atoms with E-state index in [9.17, 15) is 5.26 Å². The number of ether oxygens (including phenoxy) is 1. The van der Waals surface area contributed by atoms with Crippen molar-refractivity contribution in [3.8, 4) is 11.8 Å². The number of benzene rings is 2. The number of nitriles is 1. The lowest BCUT2D eigenvalue weighted by Gasteiger charge is -2.22. The van der Waals surface area contributed by atoms with E-state index in [1.165, 1.54) is 0 Å². The number of hydrogen-bond acceptors (Lipinski definition) is 4. The Balaban J connectivity index is 2.00. The summed E-state index contributed by atoms with van der Waals surface area (Å²) < 4.78 is 6.09. The van der Waals surface area contributed by atoms with Gasteiger partial charge in [0, 0.05) is 30.4 Å². The first kappa shape index (κ1) is 20.5. The second kappa shape index (κ2) is 9.79. The largest absolute Gasteiger partial charge is 0.493 e. The maximum Gasteiger partial charge on any atom is 0.149 e. The number of aromatic nitrogens is 2. The van der Waals surface area contributed by atoms with Crippen molar-refractivity contribution in [3.63, 3.8) is 0 Å². The molecule has 3 aromatic rings. The Kier molecular flexibility index (Phi) is 6.91. The van der Waals surface area contributed by atoms with Gasteiger partial charge in [0.1, 0.15) is 17.6 Å². The summed E-state index contributed by atoms with van der Waals surface area (Å²) in [5.41, 5.74) is 4.26. The average molecular weight is 389 g/mol. The third kappa shape index (κ3) is 4.78. The number of aromatic amines is 1. The summed E-state index contributed by atoms with van der Waals surface area (Å²) in [6, 6.07) is 16.2. The molecule has 5 nitrogen and oxygen atoms in total. The van der Waals surface area contributed by atoms with Crippen molar-refractivity contribution in [2.45, 2.75) is 33.6 Å². The summed E-state index contributed by atoms with van der Waals surface area (Å²) in [7, 11) is 0. The minimum atomic E-state index is 0.483. The predicted octanol–water partition coefficient (Wildman–Crippen LogP) is 5.65. The summed E-state index contributed by atoms with van der Waals surface area (Å²) in [6.07, 6.45) is 3.92. The third-order valence-corrected chi connectivity index (χ3v) is 4.95. The number of rotatable bonds is 9. The van der Waals surface area contributed by atoms with Crippen molar-refractivity contribution in [1.82, 2.24) is 9.97 Å². The normalized spacial score (nSPS) is 11.4. The molecule has 0 amide bonds. The van der Waals surface area contributed by atoms with E-state index >= 15 is 0 Å². The highest BCUT2D eigenvalue weighted by molar-refractivity contribution is 5.91. The minimum absolute atomic E-state index is 0.483. The minimum Gasteiger partial charge on any atom is -0.493 e. The van der Waals surface area contributed by atoms with E-state index in [4.69, 9.17) is 4.74 Å². The maximum absolute atomic E-state index is 9.76. The molecule has 0 fully saturated rings. The smallest absolute Gasteiger partial charge is 0.149 e. The van der Waals surface area contributed by atoms with Crippen LogP contribution in [0.2, 0.25) is 0 Å². The first-order valence-corrected chi connectivity index (χ1v) is 10.3. The fourth-order valence-corrected chi connectivity index (χ4v) is 3.27. The van der Waals surface area contributed by atoms with Gasteiger partial charge in [-0.3, -0.25) is 0 Å². The Morgan fingerprint density at radius 2 is 1.97 bits per heavy atom.